The predicted octanol–water partition coefficient (Wildman–Crippen LogP) is 2.98. The second kappa shape index (κ2) is 5.91. The zero-order valence-electron chi connectivity index (χ0n) is 14.5. The number of rotatable bonds is 2. The lowest BCUT2D eigenvalue weighted by Gasteiger charge is -2.27. The van der Waals surface area contributed by atoms with Crippen molar-refractivity contribution < 1.29 is 4.79 Å². The maximum atomic E-state index is 12.7. The SMILES string of the molecule is Cc1nn(-c2ccccc2)c2nc3c(cc12)C(=O)N[C@@H](c1cccnc1)N3. The highest BCUT2D eigenvalue weighted by Crippen LogP contribution is 2.30. The highest BCUT2D eigenvalue weighted by Gasteiger charge is 2.27. The van der Waals surface area contributed by atoms with Gasteiger partial charge in [0.2, 0.25) is 0 Å². The maximum absolute atomic E-state index is 12.7. The average Bonchev–Trinajstić information content (AvgIpc) is 3.04. The topological polar surface area (TPSA) is 84.7 Å². The van der Waals surface area contributed by atoms with E-state index in [0.29, 0.717) is 17.0 Å². The minimum atomic E-state index is -0.377. The molecule has 0 bridgehead atoms. The second-order valence-corrected chi connectivity index (χ2v) is 6.43. The van der Waals surface area contributed by atoms with Crippen LogP contribution in [0.2, 0.25) is 0 Å². The molecule has 0 saturated heterocycles. The highest BCUT2D eigenvalue weighted by atomic mass is 16.2. The van der Waals surface area contributed by atoms with E-state index in [2.05, 4.69) is 20.7 Å². The van der Waals surface area contributed by atoms with Gasteiger partial charge in [0.15, 0.2) is 5.65 Å². The van der Waals surface area contributed by atoms with Crippen molar-refractivity contribution in [1.82, 2.24) is 25.1 Å². The lowest BCUT2D eigenvalue weighted by molar-refractivity contribution is 0.0935. The molecule has 27 heavy (non-hydrogen) atoms. The zero-order valence-corrected chi connectivity index (χ0v) is 14.5. The first kappa shape index (κ1) is 15.5. The molecule has 0 radical (unpaired) electrons. The number of hydrogen-bond acceptors (Lipinski definition) is 5. The molecule has 1 aliphatic heterocycles. The Morgan fingerprint density at radius 1 is 1.07 bits per heavy atom. The van der Waals surface area contributed by atoms with E-state index < -0.39 is 0 Å². The molecule has 5 rings (SSSR count). The molecular weight excluding hydrogens is 340 g/mol. The molecule has 1 aromatic carbocycles. The molecule has 4 heterocycles. The molecule has 0 saturated carbocycles. The number of aryl methyl sites for hydroxylation is 1. The number of aromatic nitrogens is 4. The molecule has 3 aromatic heterocycles. The lowest BCUT2D eigenvalue weighted by atomic mass is 10.1. The molecule has 0 fully saturated rings. The first-order valence-corrected chi connectivity index (χ1v) is 8.64. The standard InChI is InChI=1S/C20H16N6O/c1-12-15-10-16-18(22-17(24-20(16)27)13-6-5-9-21-11-13)23-19(15)26(25-12)14-7-3-2-4-8-14/h2-11,17H,1H3,(H,22,23)(H,24,27)/t17-/m0/s1. The number of para-hydroxylation sites is 1. The maximum Gasteiger partial charge on any atom is 0.256 e. The quantitative estimate of drug-likeness (QED) is 0.577. The number of carbonyl (C=O) groups is 1. The average molecular weight is 356 g/mol. The van der Waals surface area contributed by atoms with Gasteiger partial charge in [-0.05, 0) is 31.2 Å². The third-order valence-corrected chi connectivity index (χ3v) is 4.66. The van der Waals surface area contributed by atoms with Gasteiger partial charge in [-0.25, -0.2) is 9.67 Å². The number of anilines is 1. The van der Waals surface area contributed by atoms with Crippen molar-refractivity contribution in [2.24, 2.45) is 0 Å². The van der Waals surface area contributed by atoms with Crippen molar-refractivity contribution in [3.63, 3.8) is 0 Å². The van der Waals surface area contributed by atoms with E-state index in [1.54, 1.807) is 17.1 Å². The Bertz CT molecular complexity index is 1150. The molecular formula is C20H16N6O. The third kappa shape index (κ3) is 2.52. The van der Waals surface area contributed by atoms with Crippen LogP contribution in [0.15, 0.2) is 60.9 Å². The molecule has 7 heteroatoms. The summed E-state index contributed by atoms with van der Waals surface area (Å²) in [6.07, 6.45) is 3.04. The Morgan fingerprint density at radius 2 is 1.93 bits per heavy atom. The molecule has 1 atom stereocenters. The fourth-order valence-corrected chi connectivity index (χ4v) is 3.31. The van der Waals surface area contributed by atoms with Crippen molar-refractivity contribution in [1.29, 1.82) is 0 Å². The van der Waals surface area contributed by atoms with Crippen LogP contribution in [0.5, 0.6) is 0 Å². The zero-order chi connectivity index (χ0) is 18.4. The molecule has 4 aromatic rings. The Kier molecular flexibility index (Phi) is 3.39. The monoisotopic (exact) mass is 356 g/mol. The Labute approximate surface area is 155 Å². The van der Waals surface area contributed by atoms with Gasteiger partial charge in [0.1, 0.15) is 12.0 Å². The van der Waals surface area contributed by atoms with E-state index in [1.165, 1.54) is 0 Å². The Hall–Kier alpha value is -3.74. The summed E-state index contributed by atoms with van der Waals surface area (Å²) < 4.78 is 1.80. The summed E-state index contributed by atoms with van der Waals surface area (Å²) >= 11 is 0. The Balaban J connectivity index is 1.65. The van der Waals surface area contributed by atoms with Crippen LogP contribution >= 0.6 is 0 Å². The van der Waals surface area contributed by atoms with E-state index in [0.717, 1.165) is 22.3 Å². The van der Waals surface area contributed by atoms with Gasteiger partial charge in [-0.3, -0.25) is 9.78 Å². The van der Waals surface area contributed by atoms with Gasteiger partial charge in [0, 0.05) is 23.3 Å². The molecule has 0 unspecified atom stereocenters. The van der Waals surface area contributed by atoms with Crippen LogP contribution in [-0.4, -0.2) is 25.7 Å². The number of fused-ring (bicyclic) bond motifs is 2. The van der Waals surface area contributed by atoms with Crippen LogP contribution < -0.4 is 10.6 Å². The second-order valence-electron chi connectivity index (χ2n) is 6.43. The van der Waals surface area contributed by atoms with E-state index in [9.17, 15) is 4.79 Å². The highest BCUT2D eigenvalue weighted by molar-refractivity contribution is 6.04. The fourth-order valence-electron chi connectivity index (χ4n) is 3.31. The van der Waals surface area contributed by atoms with Gasteiger partial charge in [0.05, 0.1) is 16.9 Å². The number of benzene rings is 1. The van der Waals surface area contributed by atoms with Crippen molar-refractivity contribution in [3.05, 3.63) is 77.7 Å². The third-order valence-electron chi connectivity index (χ3n) is 4.66. The normalized spacial score (nSPS) is 15.9. The van der Waals surface area contributed by atoms with Crippen LogP contribution in [0.1, 0.15) is 27.8 Å². The molecule has 2 N–H and O–H groups in total. The van der Waals surface area contributed by atoms with Crippen molar-refractivity contribution in [2.45, 2.75) is 13.1 Å². The van der Waals surface area contributed by atoms with Gasteiger partial charge < -0.3 is 10.6 Å². The number of carbonyl (C=O) groups excluding carboxylic acids is 1. The number of nitrogens with one attached hydrogen (secondary N) is 2. The number of pyridine rings is 2. The van der Waals surface area contributed by atoms with E-state index in [-0.39, 0.29) is 12.1 Å². The lowest BCUT2D eigenvalue weighted by Crippen LogP contribution is -2.39. The first-order chi connectivity index (χ1) is 13.2. The number of hydrogen-bond donors (Lipinski definition) is 2. The van der Waals surface area contributed by atoms with E-state index >= 15 is 0 Å². The summed E-state index contributed by atoms with van der Waals surface area (Å²) in [5.41, 5.74) is 3.84. The van der Waals surface area contributed by atoms with Gasteiger partial charge in [-0.1, -0.05) is 24.3 Å². The summed E-state index contributed by atoms with van der Waals surface area (Å²) in [6, 6.07) is 15.4. The van der Waals surface area contributed by atoms with Crippen LogP contribution in [0.25, 0.3) is 16.7 Å². The van der Waals surface area contributed by atoms with E-state index in [4.69, 9.17) is 4.98 Å². The van der Waals surface area contributed by atoms with Crippen LogP contribution in [0, 0.1) is 6.92 Å². The van der Waals surface area contributed by atoms with Gasteiger partial charge in [-0.15, -0.1) is 0 Å². The molecule has 1 aliphatic rings. The molecule has 0 spiro atoms. The summed E-state index contributed by atoms with van der Waals surface area (Å²) in [4.78, 5) is 21.5. The minimum Gasteiger partial charge on any atom is -0.345 e. The molecule has 0 aliphatic carbocycles. The smallest absolute Gasteiger partial charge is 0.256 e. The Morgan fingerprint density at radius 3 is 2.70 bits per heavy atom. The van der Waals surface area contributed by atoms with Crippen LogP contribution in [0.3, 0.4) is 0 Å². The summed E-state index contributed by atoms with van der Waals surface area (Å²) in [6.45, 7) is 1.92. The fraction of sp³-hybridized carbons (Fsp3) is 0.100. The van der Waals surface area contributed by atoms with E-state index in [1.807, 2.05) is 55.5 Å². The van der Waals surface area contributed by atoms with Crippen LogP contribution in [-0.2, 0) is 0 Å². The summed E-state index contributed by atoms with van der Waals surface area (Å²) in [5, 5.41) is 11.7. The summed E-state index contributed by atoms with van der Waals surface area (Å²) in [5.74, 6) is 0.371. The van der Waals surface area contributed by atoms with Gasteiger partial charge in [0.25, 0.3) is 5.91 Å². The minimum absolute atomic E-state index is 0.168. The summed E-state index contributed by atoms with van der Waals surface area (Å²) in [7, 11) is 0. The largest absolute Gasteiger partial charge is 0.345 e. The van der Waals surface area contributed by atoms with Gasteiger partial charge in [-0.2, -0.15) is 5.10 Å². The van der Waals surface area contributed by atoms with Crippen molar-refractivity contribution in [2.75, 3.05) is 5.32 Å². The number of nitrogens with zero attached hydrogens (tertiary/aromatic N) is 4. The van der Waals surface area contributed by atoms with Gasteiger partial charge >= 0.3 is 0 Å². The van der Waals surface area contributed by atoms with Crippen LogP contribution in [0.4, 0.5) is 5.82 Å². The number of amides is 1. The molecule has 7 nitrogen and oxygen atoms in total. The first-order valence-electron chi connectivity index (χ1n) is 8.64. The van der Waals surface area contributed by atoms with Crippen molar-refractivity contribution in [3.8, 4) is 5.69 Å². The molecule has 1 amide bonds. The predicted molar refractivity (Wildman–Crippen MR) is 102 cm³/mol. The molecule has 132 valence electrons. The van der Waals surface area contributed by atoms with Crippen molar-refractivity contribution >= 4 is 22.8 Å².